The summed E-state index contributed by atoms with van der Waals surface area (Å²) in [6.45, 7) is 7.25. The first-order valence-electron chi connectivity index (χ1n) is 7.56. The summed E-state index contributed by atoms with van der Waals surface area (Å²) >= 11 is 0. The average molecular weight is 290 g/mol. The lowest BCUT2D eigenvalue weighted by molar-refractivity contribution is 0.251. The first-order chi connectivity index (χ1) is 8.86. The Labute approximate surface area is 119 Å². The second-order valence-electron chi connectivity index (χ2n) is 6.08. The van der Waals surface area contributed by atoms with Crippen molar-refractivity contribution in [3.05, 3.63) is 0 Å². The van der Waals surface area contributed by atoms with Crippen LogP contribution in [0.5, 0.6) is 0 Å². The fourth-order valence-electron chi connectivity index (χ4n) is 2.69. The van der Waals surface area contributed by atoms with Crippen LogP contribution in [0.25, 0.3) is 0 Å². The second-order valence-corrected chi connectivity index (χ2v) is 8.23. The Bertz CT molecular complexity index is 346. The Morgan fingerprint density at radius 2 is 1.79 bits per heavy atom. The number of nitrogens with one attached hydrogen (secondary N) is 1. The summed E-state index contributed by atoms with van der Waals surface area (Å²) in [6.07, 6.45) is 4.88. The minimum absolute atomic E-state index is 0.201. The molecule has 1 aliphatic carbocycles. The van der Waals surface area contributed by atoms with E-state index in [2.05, 4.69) is 26.1 Å². The molecule has 0 aliphatic heterocycles. The quantitative estimate of drug-likeness (QED) is 0.782. The molecule has 1 saturated carbocycles. The van der Waals surface area contributed by atoms with Crippen molar-refractivity contribution in [1.82, 2.24) is 9.62 Å². The van der Waals surface area contributed by atoms with Crippen LogP contribution in [0, 0.1) is 5.92 Å². The third kappa shape index (κ3) is 5.40. The standard InChI is InChI=1S/C14H30N2O2S/c1-5-15-13-6-8-14(9-7-13)16(4)19(17,18)11-10-12(2)3/h12-15H,5-11H2,1-4H3. The molecule has 1 N–H and O–H groups in total. The monoisotopic (exact) mass is 290 g/mol. The highest BCUT2D eigenvalue weighted by Gasteiger charge is 2.29. The normalized spacial score (nSPS) is 25.2. The van der Waals surface area contributed by atoms with Crippen LogP contribution >= 0.6 is 0 Å². The molecule has 0 atom stereocenters. The molecule has 0 spiro atoms. The molecule has 114 valence electrons. The van der Waals surface area contributed by atoms with Crippen LogP contribution in [0.1, 0.15) is 52.9 Å². The van der Waals surface area contributed by atoms with E-state index < -0.39 is 10.0 Å². The van der Waals surface area contributed by atoms with Gasteiger partial charge in [0, 0.05) is 19.1 Å². The smallest absolute Gasteiger partial charge is 0.214 e. The van der Waals surface area contributed by atoms with Gasteiger partial charge in [0.05, 0.1) is 5.75 Å². The van der Waals surface area contributed by atoms with Crippen LogP contribution in [0.15, 0.2) is 0 Å². The fourth-order valence-corrected chi connectivity index (χ4v) is 4.41. The molecular formula is C14H30N2O2S. The number of hydrogen-bond donors (Lipinski definition) is 1. The van der Waals surface area contributed by atoms with E-state index in [1.165, 1.54) is 0 Å². The Morgan fingerprint density at radius 3 is 2.26 bits per heavy atom. The van der Waals surface area contributed by atoms with E-state index >= 15 is 0 Å². The first kappa shape index (κ1) is 16.9. The van der Waals surface area contributed by atoms with E-state index in [4.69, 9.17) is 0 Å². The second kappa shape index (κ2) is 7.60. The van der Waals surface area contributed by atoms with Crippen molar-refractivity contribution in [3.8, 4) is 0 Å². The molecule has 4 nitrogen and oxygen atoms in total. The molecule has 0 aromatic rings. The molecule has 0 radical (unpaired) electrons. The molecular weight excluding hydrogens is 260 g/mol. The number of hydrogen-bond acceptors (Lipinski definition) is 3. The van der Waals surface area contributed by atoms with Gasteiger partial charge < -0.3 is 5.32 Å². The van der Waals surface area contributed by atoms with Crippen molar-refractivity contribution >= 4 is 10.0 Å². The van der Waals surface area contributed by atoms with Gasteiger partial charge in [-0.3, -0.25) is 0 Å². The zero-order valence-electron chi connectivity index (χ0n) is 12.9. The van der Waals surface area contributed by atoms with Gasteiger partial charge >= 0.3 is 0 Å². The van der Waals surface area contributed by atoms with Gasteiger partial charge in [-0.15, -0.1) is 0 Å². The Morgan fingerprint density at radius 1 is 1.21 bits per heavy atom. The van der Waals surface area contributed by atoms with Crippen molar-refractivity contribution in [2.75, 3.05) is 19.3 Å². The van der Waals surface area contributed by atoms with Gasteiger partial charge in [0.25, 0.3) is 0 Å². The third-order valence-electron chi connectivity index (χ3n) is 4.10. The van der Waals surface area contributed by atoms with E-state index in [-0.39, 0.29) is 11.8 Å². The topological polar surface area (TPSA) is 49.4 Å². The highest BCUT2D eigenvalue weighted by Crippen LogP contribution is 2.24. The van der Waals surface area contributed by atoms with Crippen LogP contribution in [-0.4, -0.2) is 44.2 Å². The molecule has 0 amide bonds. The number of sulfonamides is 1. The Hall–Kier alpha value is -0.130. The number of nitrogens with zero attached hydrogens (tertiary/aromatic N) is 1. The molecule has 0 aromatic carbocycles. The molecule has 0 bridgehead atoms. The summed E-state index contributed by atoms with van der Waals surface area (Å²) in [5.41, 5.74) is 0. The maximum Gasteiger partial charge on any atom is 0.214 e. The van der Waals surface area contributed by atoms with Crippen molar-refractivity contribution in [1.29, 1.82) is 0 Å². The van der Waals surface area contributed by atoms with E-state index in [9.17, 15) is 8.42 Å². The SMILES string of the molecule is CCNC1CCC(N(C)S(=O)(=O)CCC(C)C)CC1. The van der Waals surface area contributed by atoms with Gasteiger partial charge in [0.15, 0.2) is 0 Å². The summed E-state index contributed by atoms with van der Waals surface area (Å²) in [7, 11) is -1.31. The van der Waals surface area contributed by atoms with Crippen LogP contribution in [0.4, 0.5) is 0 Å². The summed E-state index contributed by atoms with van der Waals surface area (Å²) in [4.78, 5) is 0. The molecule has 0 aromatic heterocycles. The predicted molar refractivity (Wildman–Crippen MR) is 80.7 cm³/mol. The Balaban J connectivity index is 2.47. The molecule has 1 rings (SSSR count). The van der Waals surface area contributed by atoms with Gasteiger partial charge in [-0.05, 0) is 44.6 Å². The molecule has 1 fully saturated rings. The lowest BCUT2D eigenvalue weighted by Gasteiger charge is -2.34. The van der Waals surface area contributed by atoms with Gasteiger partial charge in [-0.2, -0.15) is 0 Å². The van der Waals surface area contributed by atoms with E-state index in [1.54, 1.807) is 11.4 Å². The molecule has 0 saturated heterocycles. The maximum absolute atomic E-state index is 12.3. The van der Waals surface area contributed by atoms with Gasteiger partial charge in [0.2, 0.25) is 10.0 Å². The summed E-state index contributed by atoms with van der Waals surface area (Å²) < 4.78 is 26.1. The van der Waals surface area contributed by atoms with Crippen LogP contribution in [0.2, 0.25) is 0 Å². The summed E-state index contributed by atoms with van der Waals surface area (Å²) in [6, 6.07) is 0.778. The third-order valence-corrected chi connectivity index (χ3v) is 6.02. The molecule has 19 heavy (non-hydrogen) atoms. The lowest BCUT2D eigenvalue weighted by Crippen LogP contribution is -2.44. The van der Waals surface area contributed by atoms with Crippen LogP contribution < -0.4 is 5.32 Å². The van der Waals surface area contributed by atoms with E-state index in [0.717, 1.165) is 38.6 Å². The van der Waals surface area contributed by atoms with Crippen LogP contribution in [-0.2, 0) is 10.0 Å². The zero-order valence-corrected chi connectivity index (χ0v) is 13.7. The summed E-state index contributed by atoms with van der Waals surface area (Å²) in [5.74, 6) is 0.724. The van der Waals surface area contributed by atoms with E-state index in [1.807, 2.05) is 0 Å². The largest absolute Gasteiger partial charge is 0.314 e. The average Bonchev–Trinajstić information content (AvgIpc) is 2.37. The highest BCUT2D eigenvalue weighted by molar-refractivity contribution is 7.89. The molecule has 0 heterocycles. The number of rotatable bonds is 7. The van der Waals surface area contributed by atoms with Crippen molar-refractivity contribution < 1.29 is 8.42 Å². The lowest BCUT2D eigenvalue weighted by atomic mass is 9.91. The molecule has 1 aliphatic rings. The van der Waals surface area contributed by atoms with Gasteiger partial charge in [-0.25, -0.2) is 12.7 Å². The van der Waals surface area contributed by atoms with Crippen molar-refractivity contribution in [2.24, 2.45) is 5.92 Å². The summed E-state index contributed by atoms with van der Waals surface area (Å²) in [5, 5.41) is 3.45. The van der Waals surface area contributed by atoms with Crippen molar-refractivity contribution in [3.63, 3.8) is 0 Å². The highest BCUT2D eigenvalue weighted by atomic mass is 32.2. The predicted octanol–water partition coefficient (Wildman–Crippen LogP) is 2.21. The molecule has 5 heteroatoms. The molecule has 0 unspecified atom stereocenters. The minimum atomic E-state index is -3.07. The van der Waals surface area contributed by atoms with Crippen LogP contribution in [0.3, 0.4) is 0 Å². The van der Waals surface area contributed by atoms with Gasteiger partial charge in [0.1, 0.15) is 0 Å². The zero-order chi connectivity index (χ0) is 14.5. The fraction of sp³-hybridized carbons (Fsp3) is 1.00. The first-order valence-corrected chi connectivity index (χ1v) is 9.16. The van der Waals surface area contributed by atoms with Gasteiger partial charge in [-0.1, -0.05) is 20.8 Å². The van der Waals surface area contributed by atoms with E-state index in [0.29, 0.717) is 12.0 Å². The minimum Gasteiger partial charge on any atom is -0.314 e. The Kier molecular flexibility index (Phi) is 6.77. The maximum atomic E-state index is 12.3. The van der Waals surface area contributed by atoms with Crippen molar-refractivity contribution in [2.45, 2.75) is 65.0 Å².